The highest BCUT2D eigenvalue weighted by atomic mass is 32.3. The molecular formula is C22H37NO5S. The number of benzene rings is 1. The van der Waals surface area contributed by atoms with Gasteiger partial charge in [-0.3, -0.25) is 9.45 Å². The van der Waals surface area contributed by atoms with Gasteiger partial charge in [0.1, 0.15) is 6.10 Å². The Hall–Kier alpha value is -0.990. The van der Waals surface area contributed by atoms with E-state index >= 15 is 0 Å². The Kier molecular flexibility index (Phi) is 10.6. The van der Waals surface area contributed by atoms with Gasteiger partial charge in [0.15, 0.2) is 0 Å². The van der Waals surface area contributed by atoms with Crippen LogP contribution in [0.3, 0.4) is 0 Å². The first kappa shape index (κ1) is 24.3. The van der Waals surface area contributed by atoms with Crippen molar-refractivity contribution in [2.45, 2.75) is 71.4 Å². The molecule has 1 aliphatic heterocycles. The third-order valence-electron chi connectivity index (χ3n) is 5.50. The lowest BCUT2D eigenvalue weighted by Gasteiger charge is -2.31. The van der Waals surface area contributed by atoms with Gasteiger partial charge < -0.3 is 4.74 Å². The molecule has 2 rings (SSSR count). The molecule has 0 radical (unpaired) electrons. The Morgan fingerprint density at radius 3 is 2.52 bits per heavy atom. The van der Waals surface area contributed by atoms with E-state index in [1.54, 1.807) is 0 Å². The predicted molar refractivity (Wildman–Crippen MR) is 115 cm³/mol. The Balaban J connectivity index is 1.87. The maximum absolute atomic E-state index is 11.3. The van der Waals surface area contributed by atoms with Crippen molar-refractivity contribution >= 4 is 10.4 Å². The minimum atomic E-state index is -4.52. The maximum Gasteiger partial charge on any atom is 0.397 e. The fourth-order valence-corrected chi connectivity index (χ4v) is 4.51. The van der Waals surface area contributed by atoms with E-state index in [2.05, 4.69) is 30.9 Å². The third kappa shape index (κ3) is 9.57. The average molecular weight is 428 g/mol. The number of hydrogen-bond donors (Lipinski definition) is 1. The van der Waals surface area contributed by atoms with Crippen LogP contribution in [-0.2, 0) is 32.3 Å². The van der Waals surface area contributed by atoms with Crippen LogP contribution < -0.4 is 0 Å². The zero-order valence-electron chi connectivity index (χ0n) is 17.9. The van der Waals surface area contributed by atoms with Crippen molar-refractivity contribution < 1.29 is 21.9 Å². The van der Waals surface area contributed by atoms with Gasteiger partial charge in [0.25, 0.3) is 0 Å². The fourth-order valence-electron chi connectivity index (χ4n) is 4.05. The lowest BCUT2D eigenvalue weighted by Crippen LogP contribution is -2.40. The van der Waals surface area contributed by atoms with Crippen LogP contribution in [0.15, 0.2) is 24.3 Å². The molecule has 0 bridgehead atoms. The van der Waals surface area contributed by atoms with Crippen LogP contribution in [0.2, 0.25) is 0 Å². The van der Waals surface area contributed by atoms with Crippen LogP contribution in [0.4, 0.5) is 0 Å². The minimum absolute atomic E-state index is 0.159. The summed E-state index contributed by atoms with van der Waals surface area (Å²) in [6.45, 7) is 7.11. The summed E-state index contributed by atoms with van der Waals surface area (Å²) in [6.07, 6.45) is 7.18. The molecule has 0 saturated carbocycles. The number of fused-ring (bicyclic) bond motifs is 1. The summed E-state index contributed by atoms with van der Waals surface area (Å²) in [5, 5.41) is 0. The van der Waals surface area contributed by atoms with Crippen molar-refractivity contribution in [1.82, 2.24) is 4.90 Å². The summed E-state index contributed by atoms with van der Waals surface area (Å²) in [7, 11) is -4.52. The second kappa shape index (κ2) is 12.6. The first-order valence-corrected chi connectivity index (χ1v) is 12.3. The van der Waals surface area contributed by atoms with Crippen LogP contribution in [0, 0.1) is 5.92 Å². The van der Waals surface area contributed by atoms with Crippen molar-refractivity contribution in [2.24, 2.45) is 5.92 Å². The zero-order chi connectivity index (χ0) is 21.1. The molecule has 0 aromatic heterocycles. The second-order valence-corrected chi connectivity index (χ2v) is 9.14. The quantitative estimate of drug-likeness (QED) is 0.353. The van der Waals surface area contributed by atoms with Crippen LogP contribution in [0.25, 0.3) is 0 Å². The molecule has 7 heteroatoms. The highest BCUT2D eigenvalue weighted by Crippen LogP contribution is 2.20. The van der Waals surface area contributed by atoms with Crippen molar-refractivity contribution in [3.05, 3.63) is 35.4 Å². The zero-order valence-corrected chi connectivity index (χ0v) is 18.7. The average Bonchev–Trinajstić information content (AvgIpc) is 2.67. The maximum atomic E-state index is 11.3. The highest BCUT2D eigenvalue weighted by Gasteiger charge is 2.24. The highest BCUT2D eigenvalue weighted by molar-refractivity contribution is 7.80. The molecule has 0 aliphatic carbocycles. The molecule has 2 unspecified atom stereocenters. The Bertz CT molecular complexity index is 694. The van der Waals surface area contributed by atoms with E-state index in [-0.39, 0.29) is 6.61 Å². The van der Waals surface area contributed by atoms with Gasteiger partial charge in [-0.2, -0.15) is 8.42 Å². The van der Waals surface area contributed by atoms with Crippen molar-refractivity contribution in [3.63, 3.8) is 0 Å². The minimum Gasteiger partial charge on any atom is -0.378 e. The molecule has 0 amide bonds. The van der Waals surface area contributed by atoms with Crippen molar-refractivity contribution in [2.75, 3.05) is 26.3 Å². The summed E-state index contributed by atoms with van der Waals surface area (Å²) >= 11 is 0. The molecular weight excluding hydrogens is 390 g/mol. The van der Waals surface area contributed by atoms with E-state index < -0.39 is 16.5 Å². The van der Waals surface area contributed by atoms with Crippen LogP contribution in [-0.4, -0.2) is 50.3 Å². The molecule has 166 valence electrons. The molecule has 1 aromatic rings. The van der Waals surface area contributed by atoms with Gasteiger partial charge in [0, 0.05) is 26.2 Å². The van der Waals surface area contributed by atoms with Gasteiger partial charge in [-0.15, -0.1) is 0 Å². The van der Waals surface area contributed by atoms with Gasteiger partial charge in [0.05, 0.1) is 6.61 Å². The molecule has 0 saturated heterocycles. The van der Waals surface area contributed by atoms with Crippen LogP contribution >= 0.6 is 0 Å². The Morgan fingerprint density at radius 2 is 1.83 bits per heavy atom. The Labute approximate surface area is 176 Å². The van der Waals surface area contributed by atoms with Gasteiger partial charge >= 0.3 is 10.4 Å². The lowest BCUT2D eigenvalue weighted by molar-refractivity contribution is 0.0101. The first-order chi connectivity index (χ1) is 13.9. The molecule has 1 N–H and O–H groups in total. The molecule has 1 aliphatic rings. The van der Waals surface area contributed by atoms with Crippen LogP contribution in [0.1, 0.15) is 63.5 Å². The SMILES string of the molecule is CCCCCC(CCC)COCC(CN1CCc2ccccc2C1)OS(=O)(=O)O. The van der Waals surface area contributed by atoms with E-state index in [1.807, 2.05) is 12.1 Å². The number of ether oxygens (including phenoxy) is 1. The lowest BCUT2D eigenvalue weighted by atomic mass is 9.97. The second-order valence-electron chi connectivity index (χ2n) is 8.09. The molecule has 1 heterocycles. The summed E-state index contributed by atoms with van der Waals surface area (Å²) in [6, 6.07) is 8.29. The predicted octanol–water partition coefficient (Wildman–Crippen LogP) is 4.25. The molecule has 0 fully saturated rings. The molecule has 1 aromatic carbocycles. The number of nitrogens with zero attached hydrogens (tertiary/aromatic N) is 1. The third-order valence-corrected chi connectivity index (χ3v) is 6.01. The van der Waals surface area contributed by atoms with Gasteiger partial charge in [-0.05, 0) is 36.3 Å². The summed E-state index contributed by atoms with van der Waals surface area (Å²) in [4.78, 5) is 2.16. The molecule has 2 atom stereocenters. The summed E-state index contributed by atoms with van der Waals surface area (Å²) < 4.78 is 42.6. The first-order valence-electron chi connectivity index (χ1n) is 10.9. The van der Waals surface area contributed by atoms with E-state index in [0.717, 1.165) is 38.8 Å². The number of hydrogen-bond acceptors (Lipinski definition) is 5. The monoisotopic (exact) mass is 427 g/mol. The van der Waals surface area contributed by atoms with Gasteiger partial charge in [0.2, 0.25) is 0 Å². The molecule has 29 heavy (non-hydrogen) atoms. The van der Waals surface area contributed by atoms with Crippen LogP contribution in [0.5, 0.6) is 0 Å². The van der Waals surface area contributed by atoms with E-state index in [0.29, 0.717) is 19.1 Å². The molecule has 0 spiro atoms. The fraction of sp³-hybridized carbons (Fsp3) is 0.727. The van der Waals surface area contributed by atoms with Gasteiger partial charge in [-0.25, -0.2) is 4.18 Å². The number of unbranched alkanes of at least 4 members (excludes halogenated alkanes) is 2. The van der Waals surface area contributed by atoms with Crippen molar-refractivity contribution in [3.8, 4) is 0 Å². The summed E-state index contributed by atoms with van der Waals surface area (Å²) in [5.41, 5.74) is 2.59. The van der Waals surface area contributed by atoms with Crippen molar-refractivity contribution in [1.29, 1.82) is 0 Å². The topological polar surface area (TPSA) is 76.1 Å². The smallest absolute Gasteiger partial charge is 0.378 e. The van der Waals surface area contributed by atoms with E-state index in [4.69, 9.17) is 8.92 Å². The van der Waals surface area contributed by atoms with E-state index in [9.17, 15) is 13.0 Å². The largest absolute Gasteiger partial charge is 0.397 e. The standard InChI is InChI=1S/C22H37NO5S/c1-3-5-6-10-19(9-4-2)17-27-18-22(28-29(24,25)26)16-23-14-13-20-11-7-8-12-21(20)15-23/h7-8,11-12,19,22H,3-6,9-10,13-18H2,1-2H3,(H,24,25,26). The summed E-state index contributed by atoms with van der Waals surface area (Å²) in [5.74, 6) is 0.486. The van der Waals surface area contributed by atoms with Gasteiger partial charge in [-0.1, -0.05) is 63.8 Å². The molecule has 6 nitrogen and oxygen atoms in total. The van der Waals surface area contributed by atoms with E-state index in [1.165, 1.54) is 30.4 Å². The Morgan fingerprint density at radius 1 is 1.07 bits per heavy atom. The number of rotatable bonds is 14. The normalized spacial score (nSPS) is 17.1.